The van der Waals surface area contributed by atoms with Gasteiger partial charge in [-0.05, 0) is 12.1 Å². The highest BCUT2D eigenvalue weighted by molar-refractivity contribution is 5.66. The quantitative estimate of drug-likeness (QED) is 0.600. The Labute approximate surface area is 151 Å². The molecule has 0 aliphatic rings. The summed E-state index contributed by atoms with van der Waals surface area (Å²) in [4.78, 5) is 18.4. The maximum atomic E-state index is 4.68. The first kappa shape index (κ1) is 15.9. The maximum Gasteiger partial charge on any atom is 0.165 e. The van der Waals surface area contributed by atoms with Crippen LogP contribution < -0.4 is 5.32 Å². The Balaban J connectivity index is 1.87. The van der Waals surface area contributed by atoms with Crippen molar-refractivity contribution in [1.82, 2.24) is 19.9 Å². The summed E-state index contributed by atoms with van der Waals surface area (Å²) >= 11 is 0. The van der Waals surface area contributed by atoms with Crippen LogP contribution >= 0.6 is 0 Å². The summed E-state index contributed by atoms with van der Waals surface area (Å²) in [5.41, 5.74) is 2.75. The largest absolute Gasteiger partial charge is 0.373 e. The first-order valence-electron chi connectivity index (χ1n) is 8.34. The van der Waals surface area contributed by atoms with Gasteiger partial charge in [0.15, 0.2) is 17.5 Å². The van der Waals surface area contributed by atoms with E-state index in [9.17, 15) is 0 Å². The highest BCUT2D eigenvalue weighted by Crippen LogP contribution is 2.24. The molecule has 2 aromatic heterocycles. The molecule has 2 aromatic carbocycles. The van der Waals surface area contributed by atoms with Crippen LogP contribution in [0.4, 0.5) is 5.82 Å². The lowest BCUT2D eigenvalue weighted by atomic mass is 10.1. The lowest BCUT2D eigenvalue weighted by molar-refractivity contribution is 1.07. The lowest BCUT2D eigenvalue weighted by Gasteiger charge is -2.08. The van der Waals surface area contributed by atoms with Gasteiger partial charge in [0, 0.05) is 29.9 Å². The fraction of sp³-hybridized carbons (Fsp3) is 0.0476. The molecule has 0 aliphatic heterocycles. The van der Waals surface area contributed by atoms with Gasteiger partial charge in [0.25, 0.3) is 0 Å². The second kappa shape index (κ2) is 7.11. The topological polar surface area (TPSA) is 63.6 Å². The number of aromatic nitrogens is 4. The third-order valence-corrected chi connectivity index (χ3v) is 3.98. The third kappa shape index (κ3) is 3.28. The molecule has 0 unspecified atom stereocenters. The van der Waals surface area contributed by atoms with Crippen LogP contribution in [0.3, 0.4) is 0 Å². The first-order valence-corrected chi connectivity index (χ1v) is 8.34. The zero-order valence-electron chi connectivity index (χ0n) is 14.3. The Morgan fingerprint density at radius 2 is 1.08 bits per heavy atom. The summed E-state index contributed by atoms with van der Waals surface area (Å²) in [5.74, 6) is 2.70. The van der Waals surface area contributed by atoms with Crippen molar-refractivity contribution in [3.05, 3.63) is 79.0 Å². The van der Waals surface area contributed by atoms with Gasteiger partial charge in [0.2, 0.25) is 0 Å². The van der Waals surface area contributed by atoms with Crippen LogP contribution in [-0.4, -0.2) is 27.0 Å². The minimum absolute atomic E-state index is 0.604. The average molecular weight is 339 g/mol. The predicted molar refractivity (Wildman–Crippen MR) is 103 cm³/mol. The molecule has 0 saturated carbocycles. The van der Waals surface area contributed by atoms with Crippen molar-refractivity contribution in [2.45, 2.75) is 0 Å². The normalized spacial score (nSPS) is 10.5. The lowest BCUT2D eigenvalue weighted by Crippen LogP contribution is -2.00. The molecule has 4 rings (SSSR count). The number of pyridine rings is 1. The number of nitrogens with one attached hydrogen (secondary N) is 1. The van der Waals surface area contributed by atoms with E-state index < -0.39 is 0 Å². The first-order chi connectivity index (χ1) is 12.8. The van der Waals surface area contributed by atoms with Gasteiger partial charge >= 0.3 is 0 Å². The summed E-state index contributed by atoms with van der Waals surface area (Å²) in [6.45, 7) is 0. The molecule has 5 nitrogen and oxygen atoms in total. The summed E-state index contributed by atoms with van der Waals surface area (Å²) in [5, 5.41) is 3.02. The minimum Gasteiger partial charge on any atom is -0.373 e. The molecule has 2 heterocycles. The van der Waals surface area contributed by atoms with E-state index in [4.69, 9.17) is 0 Å². The predicted octanol–water partition coefficient (Wildman–Crippen LogP) is 4.31. The summed E-state index contributed by atoms with van der Waals surface area (Å²) in [6.07, 6.45) is 1.77. The zero-order chi connectivity index (χ0) is 17.8. The number of rotatable bonds is 4. The Hall–Kier alpha value is -3.60. The molecular weight excluding hydrogens is 322 g/mol. The minimum atomic E-state index is 0.604. The molecule has 0 fully saturated rings. The van der Waals surface area contributed by atoms with Gasteiger partial charge in [-0.2, -0.15) is 0 Å². The van der Waals surface area contributed by atoms with Gasteiger partial charge in [0.05, 0.1) is 0 Å². The second-order valence-corrected chi connectivity index (χ2v) is 5.72. The summed E-state index contributed by atoms with van der Waals surface area (Å²) in [7, 11) is 1.84. The molecule has 5 heteroatoms. The number of anilines is 1. The van der Waals surface area contributed by atoms with Crippen molar-refractivity contribution in [2.24, 2.45) is 0 Å². The summed E-state index contributed by atoms with van der Waals surface area (Å²) < 4.78 is 0. The highest BCUT2D eigenvalue weighted by Gasteiger charge is 2.12. The van der Waals surface area contributed by atoms with Gasteiger partial charge in [-0.3, -0.25) is 0 Å². The zero-order valence-corrected chi connectivity index (χ0v) is 14.3. The SMILES string of the molecule is CNc1ccc(-c2nc(-c3ccccc3)nc(-c3ccccc3)n2)cn1. The molecule has 126 valence electrons. The molecule has 0 saturated heterocycles. The van der Waals surface area contributed by atoms with Crippen LogP contribution in [0, 0.1) is 0 Å². The highest BCUT2D eigenvalue weighted by atomic mass is 15.0. The number of hydrogen-bond donors (Lipinski definition) is 1. The monoisotopic (exact) mass is 339 g/mol. The maximum absolute atomic E-state index is 4.68. The van der Waals surface area contributed by atoms with Crippen LogP contribution in [0.15, 0.2) is 79.0 Å². The number of hydrogen-bond acceptors (Lipinski definition) is 5. The molecule has 1 N–H and O–H groups in total. The Morgan fingerprint density at radius 1 is 0.577 bits per heavy atom. The number of nitrogens with zero attached hydrogens (tertiary/aromatic N) is 4. The van der Waals surface area contributed by atoms with E-state index in [2.05, 4.69) is 25.3 Å². The van der Waals surface area contributed by atoms with Crippen molar-refractivity contribution >= 4 is 5.82 Å². The van der Waals surface area contributed by atoms with E-state index in [-0.39, 0.29) is 0 Å². The second-order valence-electron chi connectivity index (χ2n) is 5.72. The van der Waals surface area contributed by atoms with E-state index in [1.54, 1.807) is 6.20 Å². The van der Waals surface area contributed by atoms with Crippen LogP contribution in [-0.2, 0) is 0 Å². The van der Waals surface area contributed by atoms with Crippen molar-refractivity contribution in [2.75, 3.05) is 12.4 Å². The molecular formula is C21H17N5. The Bertz CT molecular complexity index is 942. The third-order valence-electron chi connectivity index (χ3n) is 3.98. The number of benzene rings is 2. The van der Waals surface area contributed by atoms with Crippen LogP contribution in [0.1, 0.15) is 0 Å². The van der Waals surface area contributed by atoms with Crippen molar-refractivity contribution in [1.29, 1.82) is 0 Å². The van der Waals surface area contributed by atoms with E-state index >= 15 is 0 Å². The van der Waals surface area contributed by atoms with Crippen LogP contribution in [0.25, 0.3) is 34.2 Å². The van der Waals surface area contributed by atoms with Gasteiger partial charge in [0.1, 0.15) is 5.82 Å². The van der Waals surface area contributed by atoms with Crippen molar-refractivity contribution in [3.63, 3.8) is 0 Å². The summed E-state index contributed by atoms with van der Waals surface area (Å²) in [6, 6.07) is 23.7. The Morgan fingerprint density at radius 3 is 1.50 bits per heavy atom. The van der Waals surface area contributed by atoms with Gasteiger partial charge in [-0.15, -0.1) is 0 Å². The van der Waals surface area contributed by atoms with Gasteiger partial charge < -0.3 is 5.32 Å². The fourth-order valence-electron chi connectivity index (χ4n) is 2.61. The van der Waals surface area contributed by atoms with Crippen molar-refractivity contribution < 1.29 is 0 Å². The van der Waals surface area contributed by atoms with Crippen molar-refractivity contribution in [3.8, 4) is 34.2 Å². The Kier molecular flexibility index (Phi) is 4.35. The van der Waals surface area contributed by atoms with E-state index in [0.29, 0.717) is 17.5 Å². The van der Waals surface area contributed by atoms with E-state index in [0.717, 1.165) is 22.5 Å². The molecule has 0 aliphatic carbocycles. The molecule has 0 atom stereocenters. The molecule has 0 amide bonds. The standard InChI is InChI=1S/C21H17N5/c1-22-18-13-12-17(14-23-18)21-25-19(15-8-4-2-5-9-15)24-20(26-21)16-10-6-3-7-11-16/h2-14H,1H3,(H,22,23). The van der Waals surface area contributed by atoms with Gasteiger partial charge in [-0.1, -0.05) is 60.7 Å². The molecule has 0 radical (unpaired) electrons. The molecule has 26 heavy (non-hydrogen) atoms. The fourth-order valence-corrected chi connectivity index (χ4v) is 2.61. The van der Waals surface area contributed by atoms with Crippen LogP contribution in [0.5, 0.6) is 0 Å². The molecule has 0 bridgehead atoms. The molecule has 4 aromatic rings. The van der Waals surface area contributed by atoms with E-state index in [1.807, 2.05) is 79.8 Å². The van der Waals surface area contributed by atoms with Gasteiger partial charge in [-0.25, -0.2) is 19.9 Å². The smallest absolute Gasteiger partial charge is 0.165 e. The molecule has 0 spiro atoms. The van der Waals surface area contributed by atoms with E-state index in [1.165, 1.54) is 0 Å². The average Bonchev–Trinajstić information content (AvgIpc) is 2.75. The van der Waals surface area contributed by atoms with Crippen LogP contribution in [0.2, 0.25) is 0 Å².